The van der Waals surface area contributed by atoms with Crippen molar-refractivity contribution in [1.29, 1.82) is 0 Å². The van der Waals surface area contributed by atoms with Crippen LogP contribution in [0.3, 0.4) is 0 Å². The van der Waals surface area contributed by atoms with E-state index in [1.807, 2.05) is 29.2 Å². The van der Waals surface area contributed by atoms with E-state index in [2.05, 4.69) is 18.7 Å². The van der Waals surface area contributed by atoms with E-state index >= 15 is 0 Å². The first-order valence-corrected chi connectivity index (χ1v) is 7.45. The summed E-state index contributed by atoms with van der Waals surface area (Å²) >= 11 is 0. The topological polar surface area (TPSA) is 49.6 Å². The number of nitrogens with two attached hydrogens (primary N) is 1. The van der Waals surface area contributed by atoms with Crippen molar-refractivity contribution in [3.63, 3.8) is 0 Å². The molecule has 0 saturated carbocycles. The third-order valence-electron chi connectivity index (χ3n) is 4.16. The van der Waals surface area contributed by atoms with Gasteiger partial charge in [-0.05, 0) is 30.2 Å². The lowest BCUT2D eigenvalue weighted by Gasteiger charge is -2.34. The van der Waals surface area contributed by atoms with Crippen LogP contribution in [0.15, 0.2) is 24.3 Å². The van der Waals surface area contributed by atoms with Gasteiger partial charge in [0.25, 0.3) is 0 Å². The maximum absolute atomic E-state index is 12.3. The Kier molecular flexibility index (Phi) is 5.01. The molecule has 0 spiro atoms. The van der Waals surface area contributed by atoms with Gasteiger partial charge in [0, 0.05) is 38.3 Å². The Morgan fingerprint density at radius 3 is 2.35 bits per heavy atom. The second-order valence-electron chi connectivity index (χ2n) is 5.59. The van der Waals surface area contributed by atoms with Crippen LogP contribution in [0.5, 0.6) is 0 Å². The summed E-state index contributed by atoms with van der Waals surface area (Å²) in [6.07, 6.45) is 0.579. The molecule has 4 nitrogen and oxygen atoms in total. The largest absolute Gasteiger partial charge is 0.399 e. The zero-order valence-electron chi connectivity index (χ0n) is 12.5. The maximum Gasteiger partial charge on any atom is 0.223 e. The van der Waals surface area contributed by atoms with E-state index in [1.54, 1.807) is 0 Å². The van der Waals surface area contributed by atoms with Gasteiger partial charge in [0.2, 0.25) is 5.91 Å². The summed E-state index contributed by atoms with van der Waals surface area (Å²) in [7, 11) is 0. The molecule has 1 unspecified atom stereocenters. The first kappa shape index (κ1) is 14.9. The van der Waals surface area contributed by atoms with Gasteiger partial charge in [-0.3, -0.25) is 4.79 Å². The second-order valence-corrected chi connectivity index (χ2v) is 5.59. The SMILES string of the molecule is CCN1CCN(C(=O)CC(C)c2ccc(N)cc2)CC1. The number of hydrogen-bond donors (Lipinski definition) is 1. The Morgan fingerprint density at radius 1 is 1.20 bits per heavy atom. The molecule has 0 bridgehead atoms. The summed E-state index contributed by atoms with van der Waals surface area (Å²) in [6.45, 7) is 9.06. The van der Waals surface area contributed by atoms with Gasteiger partial charge in [0.1, 0.15) is 0 Å². The van der Waals surface area contributed by atoms with Crippen molar-refractivity contribution >= 4 is 11.6 Å². The molecule has 0 aromatic heterocycles. The fourth-order valence-corrected chi connectivity index (χ4v) is 2.65. The highest BCUT2D eigenvalue weighted by atomic mass is 16.2. The van der Waals surface area contributed by atoms with E-state index in [1.165, 1.54) is 5.56 Å². The molecule has 1 saturated heterocycles. The zero-order chi connectivity index (χ0) is 14.5. The van der Waals surface area contributed by atoms with Crippen LogP contribution in [-0.4, -0.2) is 48.4 Å². The van der Waals surface area contributed by atoms with Crippen LogP contribution in [0.2, 0.25) is 0 Å². The number of nitrogens with zero attached hydrogens (tertiary/aromatic N) is 2. The molecule has 1 aliphatic heterocycles. The lowest BCUT2D eigenvalue weighted by molar-refractivity contribution is -0.133. The highest BCUT2D eigenvalue weighted by Gasteiger charge is 2.21. The predicted octanol–water partition coefficient (Wildman–Crippen LogP) is 1.93. The fourth-order valence-electron chi connectivity index (χ4n) is 2.65. The highest BCUT2D eigenvalue weighted by molar-refractivity contribution is 5.77. The number of hydrogen-bond acceptors (Lipinski definition) is 3. The van der Waals surface area contributed by atoms with Crippen molar-refractivity contribution in [2.45, 2.75) is 26.2 Å². The Bertz CT molecular complexity index is 436. The second kappa shape index (κ2) is 6.75. The van der Waals surface area contributed by atoms with Crippen LogP contribution < -0.4 is 5.73 Å². The minimum absolute atomic E-state index is 0.243. The summed E-state index contributed by atoms with van der Waals surface area (Å²) in [5.41, 5.74) is 7.64. The number of carbonyl (C=O) groups excluding carboxylic acids is 1. The smallest absolute Gasteiger partial charge is 0.223 e. The number of anilines is 1. The van der Waals surface area contributed by atoms with E-state index in [0.717, 1.165) is 38.4 Å². The Balaban J connectivity index is 1.86. The molecule has 1 fully saturated rings. The quantitative estimate of drug-likeness (QED) is 0.854. The van der Waals surface area contributed by atoms with Gasteiger partial charge in [-0.25, -0.2) is 0 Å². The van der Waals surface area contributed by atoms with Crippen LogP contribution in [0.25, 0.3) is 0 Å². The molecule has 1 heterocycles. The van der Waals surface area contributed by atoms with Gasteiger partial charge in [0.15, 0.2) is 0 Å². The summed E-state index contributed by atoms with van der Waals surface area (Å²) in [4.78, 5) is 16.7. The normalized spacial score (nSPS) is 18.0. The van der Waals surface area contributed by atoms with Crippen LogP contribution in [0.4, 0.5) is 5.69 Å². The fraction of sp³-hybridized carbons (Fsp3) is 0.562. The number of benzene rings is 1. The van der Waals surface area contributed by atoms with E-state index in [-0.39, 0.29) is 11.8 Å². The predicted molar refractivity (Wildman–Crippen MR) is 82.6 cm³/mol. The minimum atomic E-state index is 0.243. The molecule has 0 radical (unpaired) electrons. The van der Waals surface area contributed by atoms with E-state index < -0.39 is 0 Å². The third kappa shape index (κ3) is 3.73. The average molecular weight is 275 g/mol. The summed E-state index contributed by atoms with van der Waals surface area (Å²) in [5, 5.41) is 0. The molecule has 1 atom stereocenters. The lowest BCUT2D eigenvalue weighted by atomic mass is 9.97. The molecule has 110 valence electrons. The Morgan fingerprint density at radius 2 is 1.80 bits per heavy atom. The number of piperazine rings is 1. The van der Waals surface area contributed by atoms with Crippen molar-refractivity contribution in [3.05, 3.63) is 29.8 Å². The third-order valence-corrected chi connectivity index (χ3v) is 4.16. The monoisotopic (exact) mass is 275 g/mol. The van der Waals surface area contributed by atoms with Crippen LogP contribution in [0.1, 0.15) is 31.7 Å². The number of rotatable bonds is 4. The van der Waals surface area contributed by atoms with Gasteiger partial charge < -0.3 is 15.5 Å². The first-order chi connectivity index (χ1) is 9.60. The maximum atomic E-state index is 12.3. The molecule has 1 amide bonds. The van der Waals surface area contributed by atoms with Crippen molar-refractivity contribution in [2.24, 2.45) is 0 Å². The van der Waals surface area contributed by atoms with Crippen LogP contribution >= 0.6 is 0 Å². The molecule has 1 aliphatic rings. The number of nitrogen functional groups attached to an aromatic ring is 1. The number of amides is 1. The van der Waals surface area contributed by atoms with E-state index in [9.17, 15) is 4.79 Å². The van der Waals surface area contributed by atoms with Gasteiger partial charge >= 0.3 is 0 Å². The molecule has 20 heavy (non-hydrogen) atoms. The van der Waals surface area contributed by atoms with Gasteiger partial charge in [-0.1, -0.05) is 26.0 Å². The molecule has 2 rings (SSSR count). The molecule has 1 aromatic carbocycles. The van der Waals surface area contributed by atoms with Crippen molar-refractivity contribution in [2.75, 3.05) is 38.5 Å². The lowest BCUT2D eigenvalue weighted by Crippen LogP contribution is -2.48. The molecular formula is C16H25N3O. The van der Waals surface area contributed by atoms with E-state index in [0.29, 0.717) is 6.42 Å². The van der Waals surface area contributed by atoms with E-state index in [4.69, 9.17) is 5.73 Å². The van der Waals surface area contributed by atoms with Crippen LogP contribution in [0, 0.1) is 0 Å². The highest BCUT2D eigenvalue weighted by Crippen LogP contribution is 2.21. The summed E-state index contributed by atoms with van der Waals surface area (Å²) in [6, 6.07) is 7.83. The van der Waals surface area contributed by atoms with Gasteiger partial charge in [-0.15, -0.1) is 0 Å². The van der Waals surface area contributed by atoms with Crippen molar-refractivity contribution in [1.82, 2.24) is 9.80 Å². The first-order valence-electron chi connectivity index (χ1n) is 7.45. The standard InChI is InChI=1S/C16H25N3O/c1-3-18-8-10-19(11-9-18)16(20)12-13(2)14-4-6-15(17)7-5-14/h4-7,13H,3,8-12,17H2,1-2H3. The van der Waals surface area contributed by atoms with Crippen molar-refractivity contribution < 1.29 is 4.79 Å². The molecule has 2 N–H and O–H groups in total. The molecule has 4 heteroatoms. The van der Waals surface area contributed by atoms with Gasteiger partial charge in [-0.2, -0.15) is 0 Å². The molecule has 0 aliphatic carbocycles. The van der Waals surface area contributed by atoms with Crippen molar-refractivity contribution in [3.8, 4) is 0 Å². The minimum Gasteiger partial charge on any atom is -0.399 e. The number of carbonyl (C=O) groups is 1. The Labute approximate surface area is 121 Å². The van der Waals surface area contributed by atoms with Gasteiger partial charge in [0.05, 0.1) is 0 Å². The average Bonchev–Trinajstić information content (AvgIpc) is 2.48. The zero-order valence-corrected chi connectivity index (χ0v) is 12.5. The number of likely N-dealkylation sites (N-methyl/N-ethyl adjacent to an activating group) is 1. The molecule has 1 aromatic rings. The summed E-state index contributed by atoms with van der Waals surface area (Å²) in [5.74, 6) is 0.511. The molecular weight excluding hydrogens is 250 g/mol. The Hall–Kier alpha value is -1.55. The summed E-state index contributed by atoms with van der Waals surface area (Å²) < 4.78 is 0. The van der Waals surface area contributed by atoms with Crippen LogP contribution in [-0.2, 0) is 4.79 Å².